The monoisotopic (exact) mass is 310 g/mol. The fraction of sp³-hybridized carbons (Fsp3) is 0.176. The number of nitrogens with zero attached hydrogens (tertiary/aromatic N) is 2. The molecule has 1 unspecified atom stereocenters. The maximum Gasteiger partial charge on any atom is 0.329 e. The smallest absolute Gasteiger partial charge is 0.296 e. The van der Waals surface area contributed by atoms with E-state index in [0.717, 1.165) is 5.56 Å². The molecule has 0 spiro atoms. The van der Waals surface area contributed by atoms with Gasteiger partial charge in [0.25, 0.3) is 9.84 Å². The summed E-state index contributed by atoms with van der Waals surface area (Å²) in [5, 5.41) is 7.70. The molecule has 0 saturated heterocycles. The molecule has 0 bridgehead atoms. The van der Waals surface area contributed by atoms with Crippen molar-refractivity contribution in [2.75, 3.05) is 0 Å². The van der Waals surface area contributed by atoms with E-state index in [1.165, 1.54) is 12.1 Å². The summed E-state index contributed by atoms with van der Waals surface area (Å²) in [7, 11) is -3.72. The van der Waals surface area contributed by atoms with Crippen molar-refractivity contribution in [2.45, 2.75) is 23.6 Å². The summed E-state index contributed by atoms with van der Waals surface area (Å²) in [5.41, 5.74) is 2.07. The van der Waals surface area contributed by atoms with Crippen LogP contribution in [0.2, 0.25) is 0 Å². The van der Waals surface area contributed by atoms with Gasteiger partial charge in [0.05, 0.1) is 22.9 Å². The SMILES string of the molecule is [C-]#[N+]C(Cc1cccc(C#N)c1)S(=O)(=O)c1ccc(C)cc1. The van der Waals surface area contributed by atoms with Crippen LogP contribution in [0.5, 0.6) is 0 Å². The third-order valence-corrected chi connectivity index (χ3v) is 5.24. The molecule has 0 saturated carbocycles. The first kappa shape index (κ1) is 15.8. The molecule has 0 heterocycles. The third kappa shape index (κ3) is 3.33. The lowest BCUT2D eigenvalue weighted by Gasteiger charge is -2.08. The number of hydrogen-bond acceptors (Lipinski definition) is 3. The van der Waals surface area contributed by atoms with Crippen LogP contribution in [0, 0.1) is 24.8 Å². The number of rotatable bonds is 4. The van der Waals surface area contributed by atoms with Crippen LogP contribution in [0.15, 0.2) is 53.4 Å². The van der Waals surface area contributed by atoms with E-state index in [1.54, 1.807) is 36.4 Å². The molecule has 2 aromatic rings. The van der Waals surface area contributed by atoms with E-state index in [4.69, 9.17) is 11.8 Å². The van der Waals surface area contributed by atoms with E-state index in [-0.39, 0.29) is 11.3 Å². The number of hydrogen-bond donors (Lipinski definition) is 0. The van der Waals surface area contributed by atoms with Gasteiger partial charge < -0.3 is 0 Å². The minimum atomic E-state index is -3.72. The molecule has 2 rings (SSSR count). The standard InChI is InChI=1S/C17H14N2O2S/c1-13-6-8-16(9-7-13)22(20,21)17(19-2)11-14-4-3-5-15(10-14)12-18/h3-10,17H,11H2,1H3. The van der Waals surface area contributed by atoms with Crippen molar-refractivity contribution in [3.05, 3.63) is 76.6 Å². The summed E-state index contributed by atoms with van der Waals surface area (Å²) in [4.78, 5) is 3.44. The summed E-state index contributed by atoms with van der Waals surface area (Å²) in [6.45, 7) is 9.11. The average molecular weight is 310 g/mol. The van der Waals surface area contributed by atoms with E-state index in [0.29, 0.717) is 11.1 Å². The molecule has 1 atom stereocenters. The summed E-state index contributed by atoms with van der Waals surface area (Å²) >= 11 is 0. The summed E-state index contributed by atoms with van der Waals surface area (Å²) in [6.07, 6.45) is 0.0647. The largest absolute Gasteiger partial charge is 0.329 e. The Hall–Kier alpha value is -2.63. The quantitative estimate of drug-likeness (QED) is 0.815. The average Bonchev–Trinajstić information content (AvgIpc) is 2.53. The fourth-order valence-electron chi connectivity index (χ4n) is 2.08. The highest BCUT2D eigenvalue weighted by molar-refractivity contribution is 7.92. The van der Waals surface area contributed by atoms with Gasteiger partial charge in [-0.05, 0) is 36.8 Å². The first-order chi connectivity index (χ1) is 10.5. The van der Waals surface area contributed by atoms with Gasteiger partial charge in [0, 0.05) is 0 Å². The highest BCUT2D eigenvalue weighted by Gasteiger charge is 2.32. The van der Waals surface area contributed by atoms with Crippen molar-refractivity contribution in [1.29, 1.82) is 5.26 Å². The van der Waals surface area contributed by atoms with Gasteiger partial charge in [0.2, 0.25) is 0 Å². The van der Waals surface area contributed by atoms with Crippen LogP contribution >= 0.6 is 0 Å². The Labute approximate surface area is 130 Å². The first-order valence-electron chi connectivity index (χ1n) is 6.63. The van der Waals surface area contributed by atoms with Gasteiger partial charge in [-0.3, -0.25) is 4.85 Å². The molecular weight excluding hydrogens is 296 g/mol. The lowest BCUT2D eigenvalue weighted by atomic mass is 10.1. The summed E-state index contributed by atoms with van der Waals surface area (Å²) in [5.74, 6) is 0. The van der Waals surface area contributed by atoms with E-state index < -0.39 is 15.2 Å². The predicted octanol–water partition coefficient (Wildman–Crippen LogP) is 3.13. The second kappa shape index (κ2) is 6.43. The van der Waals surface area contributed by atoms with E-state index in [9.17, 15) is 8.42 Å². The zero-order chi connectivity index (χ0) is 16.2. The second-order valence-corrected chi connectivity index (χ2v) is 7.06. The predicted molar refractivity (Wildman–Crippen MR) is 83.6 cm³/mol. The molecule has 0 N–H and O–H groups in total. The Kier molecular flexibility index (Phi) is 4.60. The Morgan fingerprint density at radius 2 is 1.91 bits per heavy atom. The molecule has 0 aromatic heterocycles. The lowest BCUT2D eigenvalue weighted by Crippen LogP contribution is -2.20. The van der Waals surface area contributed by atoms with Crippen LogP contribution in [0.1, 0.15) is 16.7 Å². The highest BCUT2D eigenvalue weighted by atomic mass is 32.2. The number of benzene rings is 2. The number of sulfone groups is 1. The molecule has 4 nitrogen and oxygen atoms in total. The van der Waals surface area contributed by atoms with E-state index in [1.807, 2.05) is 13.0 Å². The van der Waals surface area contributed by atoms with Gasteiger partial charge in [-0.15, -0.1) is 0 Å². The molecule has 110 valence electrons. The Morgan fingerprint density at radius 1 is 1.23 bits per heavy atom. The molecule has 2 aromatic carbocycles. The van der Waals surface area contributed by atoms with Crippen molar-refractivity contribution in [2.24, 2.45) is 0 Å². The number of nitriles is 1. The summed E-state index contributed by atoms with van der Waals surface area (Å²) < 4.78 is 25.1. The van der Waals surface area contributed by atoms with Gasteiger partial charge in [0.1, 0.15) is 0 Å². The zero-order valence-electron chi connectivity index (χ0n) is 12.0. The minimum absolute atomic E-state index is 0.0647. The maximum absolute atomic E-state index is 12.6. The molecule has 22 heavy (non-hydrogen) atoms. The second-order valence-electron chi connectivity index (χ2n) is 4.96. The van der Waals surface area contributed by atoms with Crippen LogP contribution < -0.4 is 0 Å². The van der Waals surface area contributed by atoms with Gasteiger partial charge in [-0.1, -0.05) is 29.8 Å². The van der Waals surface area contributed by atoms with Crippen LogP contribution in [0.25, 0.3) is 4.85 Å². The Morgan fingerprint density at radius 3 is 2.50 bits per heavy atom. The molecule has 0 radical (unpaired) electrons. The van der Waals surface area contributed by atoms with Crippen LogP contribution in [0.4, 0.5) is 0 Å². The fourth-order valence-corrected chi connectivity index (χ4v) is 3.46. The molecule has 0 aliphatic carbocycles. The molecule has 0 fully saturated rings. The van der Waals surface area contributed by atoms with Crippen molar-refractivity contribution in [3.8, 4) is 6.07 Å². The molecule has 0 amide bonds. The van der Waals surface area contributed by atoms with Crippen molar-refractivity contribution in [1.82, 2.24) is 0 Å². The van der Waals surface area contributed by atoms with Gasteiger partial charge in [0.15, 0.2) is 0 Å². The normalized spacial score (nSPS) is 12.1. The minimum Gasteiger partial charge on any atom is -0.296 e. The third-order valence-electron chi connectivity index (χ3n) is 3.32. The van der Waals surface area contributed by atoms with Crippen LogP contribution in [-0.2, 0) is 16.3 Å². The van der Waals surface area contributed by atoms with E-state index in [2.05, 4.69) is 4.85 Å². The van der Waals surface area contributed by atoms with Gasteiger partial charge in [-0.2, -0.15) is 5.26 Å². The first-order valence-corrected chi connectivity index (χ1v) is 8.18. The Bertz CT molecular complexity index is 857. The summed E-state index contributed by atoms with van der Waals surface area (Å²) in [6, 6.07) is 15.1. The van der Waals surface area contributed by atoms with Crippen molar-refractivity contribution >= 4 is 9.84 Å². The Balaban J connectivity index is 2.33. The molecule has 0 aliphatic rings. The zero-order valence-corrected chi connectivity index (χ0v) is 12.8. The van der Waals surface area contributed by atoms with E-state index >= 15 is 0 Å². The van der Waals surface area contributed by atoms with Gasteiger partial charge >= 0.3 is 5.37 Å². The van der Waals surface area contributed by atoms with Crippen LogP contribution in [0.3, 0.4) is 0 Å². The number of aryl methyl sites for hydroxylation is 1. The van der Waals surface area contributed by atoms with Crippen LogP contribution in [-0.4, -0.2) is 13.8 Å². The van der Waals surface area contributed by atoms with Gasteiger partial charge in [-0.25, -0.2) is 15.0 Å². The molecule has 0 aliphatic heterocycles. The topological polar surface area (TPSA) is 62.3 Å². The van der Waals surface area contributed by atoms with Crippen molar-refractivity contribution in [3.63, 3.8) is 0 Å². The molecule has 5 heteroatoms. The molecular formula is C17H14N2O2S. The highest BCUT2D eigenvalue weighted by Crippen LogP contribution is 2.21. The van der Waals surface area contributed by atoms with Crippen molar-refractivity contribution < 1.29 is 8.42 Å². The lowest BCUT2D eigenvalue weighted by molar-refractivity contribution is 0.587. The maximum atomic E-state index is 12.6.